The molecule has 0 heterocycles. The molecule has 0 aromatic carbocycles. The van der Waals surface area contributed by atoms with Gasteiger partial charge in [0.25, 0.3) is 0 Å². The van der Waals surface area contributed by atoms with Crippen LogP contribution < -0.4 is 0 Å². The van der Waals surface area contributed by atoms with E-state index in [9.17, 15) is 4.79 Å². The summed E-state index contributed by atoms with van der Waals surface area (Å²) in [4.78, 5) is 8.49. The normalized spacial score (nSPS) is 41.7. The lowest BCUT2D eigenvalue weighted by molar-refractivity contribution is -0.116. The van der Waals surface area contributed by atoms with Gasteiger partial charge in [-0.2, -0.15) is 0 Å². The van der Waals surface area contributed by atoms with Crippen LogP contribution in [0.3, 0.4) is 0 Å². The van der Waals surface area contributed by atoms with Crippen molar-refractivity contribution in [3.05, 3.63) is 20.1 Å². The monoisotopic (exact) mass is 310 g/mol. The molecule has 1 nitrogen and oxygen atoms in total. The van der Waals surface area contributed by atoms with Crippen LogP contribution in [0.2, 0.25) is 0 Å². The molecule has 0 fully saturated rings. The van der Waals surface area contributed by atoms with E-state index in [0.717, 1.165) is 0 Å². The summed E-state index contributed by atoms with van der Waals surface area (Å²) in [6.45, 7) is 0. The predicted octanol–water partition coefficient (Wildman–Crippen LogP) is 3.92. The Kier molecular flexibility index (Phi) is 2.41. The first-order chi connectivity index (χ1) is 6.29. The molecule has 0 amide bonds. The van der Waals surface area contributed by atoms with Crippen molar-refractivity contribution in [1.82, 2.24) is 0 Å². The van der Waals surface area contributed by atoms with Gasteiger partial charge in [0, 0.05) is 0 Å². The van der Waals surface area contributed by atoms with Crippen LogP contribution >= 0.6 is 69.6 Å². The summed E-state index contributed by atoms with van der Waals surface area (Å²) in [6, 6.07) is 0. The van der Waals surface area contributed by atoms with Crippen LogP contribution in [-0.4, -0.2) is 15.5 Å². The minimum atomic E-state index is -1.62. The van der Waals surface area contributed by atoms with Crippen molar-refractivity contribution >= 4 is 75.4 Å². The third-order valence-electron chi connectivity index (χ3n) is 2.28. The predicted molar refractivity (Wildman–Crippen MR) is 59.6 cm³/mol. The van der Waals surface area contributed by atoms with Gasteiger partial charge in [0.1, 0.15) is 9.91 Å². The number of ketones is 1. The first kappa shape index (κ1) is 11.4. The highest BCUT2D eigenvalue weighted by molar-refractivity contribution is 6.70. The van der Waals surface area contributed by atoms with Crippen molar-refractivity contribution in [1.29, 1.82) is 0 Å². The zero-order chi connectivity index (χ0) is 10.9. The van der Waals surface area contributed by atoms with Crippen LogP contribution in [0.15, 0.2) is 20.1 Å². The molecular formula is C7Cl6O. The molecule has 2 aliphatic rings. The number of hydrogen-bond donors (Lipinski definition) is 0. The molecule has 0 unspecified atom stereocenters. The third kappa shape index (κ3) is 0.865. The number of alkyl halides is 2. The van der Waals surface area contributed by atoms with E-state index in [0.29, 0.717) is 0 Å². The number of Topliss-reactive ketones (excluding diaryl/α,β-unsaturated/α-hetero) is 1. The Morgan fingerprint density at radius 3 is 1.64 bits per heavy atom. The molecule has 76 valence electrons. The summed E-state index contributed by atoms with van der Waals surface area (Å²) in [5.41, 5.74) is 0. The number of fused-ring (bicyclic) bond motifs is 1. The summed E-state index contributed by atoms with van der Waals surface area (Å²) in [5.74, 6) is -0.616. The average Bonchev–Trinajstić information content (AvgIpc) is 2.30. The molecule has 2 rings (SSSR count). The van der Waals surface area contributed by atoms with E-state index in [1.165, 1.54) is 0 Å². The summed E-state index contributed by atoms with van der Waals surface area (Å²) >= 11 is 34.9. The van der Waals surface area contributed by atoms with Gasteiger partial charge < -0.3 is 0 Å². The maximum absolute atomic E-state index is 11.6. The van der Waals surface area contributed by atoms with E-state index < -0.39 is 15.5 Å². The van der Waals surface area contributed by atoms with Crippen LogP contribution in [-0.2, 0) is 4.79 Å². The van der Waals surface area contributed by atoms with Gasteiger partial charge in [-0.3, -0.25) is 4.79 Å². The lowest BCUT2D eigenvalue weighted by Crippen LogP contribution is -2.56. The quantitative estimate of drug-likeness (QED) is 0.620. The molecule has 2 atom stereocenters. The van der Waals surface area contributed by atoms with Gasteiger partial charge in [-0.05, 0) is 0 Å². The molecule has 0 spiro atoms. The van der Waals surface area contributed by atoms with Crippen LogP contribution in [0, 0.1) is 0 Å². The Hall–Kier alpha value is 0.890. The zero-order valence-electron chi connectivity index (χ0n) is 6.18. The molecule has 0 aliphatic heterocycles. The number of rotatable bonds is 0. The molecule has 0 N–H and O–H groups in total. The van der Waals surface area contributed by atoms with E-state index in [-0.39, 0.29) is 20.1 Å². The van der Waals surface area contributed by atoms with Crippen molar-refractivity contribution in [2.45, 2.75) is 9.75 Å². The highest BCUT2D eigenvalue weighted by Gasteiger charge is 2.74. The number of halogens is 6. The number of allylic oxidation sites excluding steroid dienone is 4. The summed E-state index contributed by atoms with van der Waals surface area (Å²) in [5, 5.41) is -0.264. The van der Waals surface area contributed by atoms with Crippen LogP contribution in [0.25, 0.3) is 0 Å². The molecule has 2 aliphatic carbocycles. The highest BCUT2D eigenvalue weighted by atomic mass is 35.5. The van der Waals surface area contributed by atoms with Crippen molar-refractivity contribution < 1.29 is 4.79 Å². The molecule has 0 saturated heterocycles. The third-order valence-corrected chi connectivity index (χ3v) is 5.94. The SMILES string of the molecule is O=C1C(Cl)=C(Cl)[C@@]2(Cl)C(Cl)=C(Cl)[C@@]12Cl. The van der Waals surface area contributed by atoms with Gasteiger partial charge in [0.05, 0.1) is 15.1 Å². The maximum atomic E-state index is 11.6. The number of carbonyl (C=O) groups is 1. The second kappa shape index (κ2) is 2.97. The van der Waals surface area contributed by atoms with Gasteiger partial charge in [-0.1, -0.05) is 46.4 Å². The lowest BCUT2D eigenvalue weighted by atomic mass is 9.81. The molecule has 0 saturated carbocycles. The molecule has 7 heteroatoms. The van der Waals surface area contributed by atoms with Crippen molar-refractivity contribution in [2.75, 3.05) is 0 Å². The first-order valence-corrected chi connectivity index (χ1v) is 5.61. The van der Waals surface area contributed by atoms with E-state index >= 15 is 0 Å². The minimum absolute atomic E-state index is 0.0189. The Morgan fingerprint density at radius 2 is 1.21 bits per heavy atom. The van der Waals surface area contributed by atoms with Crippen molar-refractivity contribution in [2.24, 2.45) is 0 Å². The van der Waals surface area contributed by atoms with E-state index in [1.54, 1.807) is 0 Å². The van der Waals surface area contributed by atoms with Crippen LogP contribution in [0.5, 0.6) is 0 Å². The average molecular weight is 313 g/mol. The van der Waals surface area contributed by atoms with Gasteiger partial charge in [0.2, 0.25) is 5.78 Å². The largest absolute Gasteiger partial charge is 0.291 e. The topological polar surface area (TPSA) is 17.1 Å². The Bertz CT molecular complexity index is 424. The standard InChI is InChI=1S/C7Cl6O/c8-1-2(9)6(12)3(10)4(11)7(6,13)5(1)14/t6-,7-/m1/s1. The molecule has 0 radical (unpaired) electrons. The van der Waals surface area contributed by atoms with Crippen molar-refractivity contribution in [3.63, 3.8) is 0 Å². The number of carbonyl (C=O) groups excluding carboxylic acids is 1. The van der Waals surface area contributed by atoms with E-state index in [4.69, 9.17) is 69.6 Å². The van der Waals surface area contributed by atoms with Gasteiger partial charge in [0.15, 0.2) is 4.87 Å². The van der Waals surface area contributed by atoms with Crippen LogP contribution in [0.1, 0.15) is 0 Å². The molecule has 0 bridgehead atoms. The van der Waals surface area contributed by atoms with E-state index in [2.05, 4.69) is 0 Å². The first-order valence-electron chi connectivity index (χ1n) is 3.34. The zero-order valence-corrected chi connectivity index (χ0v) is 10.7. The van der Waals surface area contributed by atoms with Gasteiger partial charge in [-0.15, -0.1) is 23.2 Å². The molecule has 14 heavy (non-hydrogen) atoms. The van der Waals surface area contributed by atoms with Gasteiger partial charge >= 0.3 is 0 Å². The van der Waals surface area contributed by atoms with Crippen molar-refractivity contribution in [3.8, 4) is 0 Å². The summed E-state index contributed by atoms with van der Waals surface area (Å²) < 4.78 is 0. The second-order valence-corrected chi connectivity index (χ2v) is 5.55. The smallest absolute Gasteiger partial charge is 0.204 e. The highest BCUT2D eigenvalue weighted by Crippen LogP contribution is 2.68. The molecule has 0 aromatic rings. The maximum Gasteiger partial charge on any atom is 0.204 e. The van der Waals surface area contributed by atoms with Gasteiger partial charge in [-0.25, -0.2) is 0 Å². The fourth-order valence-electron chi connectivity index (χ4n) is 1.45. The Balaban J connectivity index is 2.73. The fourth-order valence-corrected chi connectivity index (χ4v) is 3.94. The minimum Gasteiger partial charge on any atom is -0.291 e. The lowest BCUT2D eigenvalue weighted by Gasteiger charge is -2.44. The molecule has 0 aromatic heterocycles. The van der Waals surface area contributed by atoms with Crippen LogP contribution in [0.4, 0.5) is 0 Å². The summed E-state index contributed by atoms with van der Waals surface area (Å²) in [6.07, 6.45) is 0. The fraction of sp³-hybridized carbons (Fsp3) is 0.286. The Morgan fingerprint density at radius 1 is 0.786 bits per heavy atom. The number of hydrogen-bond acceptors (Lipinski definition) is 1. The Labute approximate surface area is 110 Å². The second-order valence-electron chi connectivity index (χ2n) is 2.90. The molecular weight excluding hydrogens is 313 g/mol. The van der Waals surface area contributed by atoms with E-state index in [1.807, 2.05) is 0 Å². The summed E-state index contributed by atoms with van der Waals surface area (Å²) in [7, 11) is 0.